The lowest BCUT2D eigenvalue weighted by molar-refractivity contribution is -0.111. The Labute approximate surface area is 191 Å². The highest BCUT2D eigenvalue weighted by molar-refractivity contribution is 7.10. The Morgan fingerprint density at radius 3 is 3.00 bits per heavy atom. The molecule has 5 nitrogen and oxygen atoms in total. The molecule has 1 atom stereocenters. The summed E-state index contributed by atoms with van der Waals surface area (Å²) in [5.74, 6) is 0.228. The number of carbonyl (C=O) groups is 1. The van der Waals surface area contributed by atoms with Crippen LogP contribution in [0.2, 0.25) is 0 Å². The van der Waals surface area contributed by atoms with E-state index in [1.165, 1.54) is 17.0 Å². The molecule has 1 aromatic heterocycles. The van der Waals surface area contributed by atoms with Crippen molar-refractivity contribution in [1.29, 1.82) is 0 Å². The summed E-state index contributed by atoms with van der Waals surface area (Å²) in [5, 5.41) is 14.4. The van der Waals surface area contributed by atoms with Crippen LogP contribution in [-0.2, 0) is 16.1 Å². The Kier molecular flexibility index (Phi) is 5.43. The summed E-state index contributed by atoms with van der Waals surface area (Å²) in [6.07, 6.45) is 4.17. The maximum atomic E-state index is 13.6. The molecule has 1 unspecified atom stereocenters. The molecule has 3 aliphatic heterocycles. The normalized spacial score (nSPS) is 24.8. The lowest BCUT2D eigenvalue weighted by atomic mass is 9.94. The predicted octanol–water partition coefficient (Wildman–Crippen LogP) is 4.65. The topological polar surface area (TPSA) is 61.8 Å². The van der Waals surface area contributed by atoms with Gasteiger partial charge in [-0.05, 0) is 80.4 Å². The molecule has 5 rings (SSSR count). The van der Waals surface area contributed by atoms with Gasteiger partial charge >= 0.3 is 0 Å². The SMILES string of the molecule is CC1(C)OC(=C2C(=O)Nc3cc(F)ccc32)C=C1c1csc(CN2CCCC(CO)C2)c1. The Bertz CT molecular complexity index is 1130. The van der Waals surface area contributed by atoms with Crippen LogP contribution in [-0.4, -0.2) is 41.2 Å². The first-order valence-electron chi connectivity index (χ1n) is 11.0. The number of carbonyl (C=O) groups excluding carboxylic acids is 1. The summed E-state index contributed by atoms with van der Waals surface area (Å²) in [4.78, 5) is 16.3. The van der Waals surface area contributed by atoms with Gasteiger partial charge in [-0.1, -0.05) is 0 Å². The fraction of sp³-hybridized carbons (Fsp3) is 0.400. The standard InChI is InChI=1S/C25H27FN2O3S/c1-25(2)20(16-8-18(32-14-16)12-28-7-3-4-15(11-28)13-29)10-22(31-25)23-19-6-5-17(26)9-21(19)27-24(23)30/h5-6,8-10,14-15,29H,3-4,7,11-13H2,1-2H3,(H,27,30). The van der Waals surface area contributed by atoms with E-state index in [9.17, 15) is 14.3 Å². The fourth-order valence-electron chi connectivity index (χ4n) is 4.88. The smallest absolute Gasteiger partial charge is 0.260 e. The minimum Gasteiger partial charge on any atom is -0.482 e. The number of likely N-dealkylation sites (tertiary alicyclic amines) is 1. The number of amides is 1. The molecule has 1 amide bonds. The van der Waals surface area contributed by atoms with E-state index < -0.39 is 5.60 Å². The number of hydrogen-bond donors (Lipinski definition) is 2. The number of hydrogen-bond acceptors (Lipinski definition) is 5. The Hall–Kier alpha value is -2.48. The van der Waals surface area contributed by atoms with Crippen LogP contribution in [0, 0.1) is 11.7 Å². The summed E-state index contributed by atoms with van der Waals surface area (Å²) in [6, 6.07) is 6.51. The van der Waals surface area contributed by atoms with Crippen LogP contribution in [0.3, 0.4) is 0 Å². The number of piperidine rings is 1. The first kappa shape index (κ1) is 21.4. The third-order valence-corrected chi connectivity index (χ3v) is 7.39. The number of aliphatic hydroxyl groups excluding tert-OH is 1. The van der Waals surface area contributed by atoms with Crippen LogP contribution in [0.5, 0.6) is 0 Å². The van der Waals surface area contributed by atoms with Crippen molar-refractivity contribution in [1.82, 2.24) is 4.90 Å². The van der Waals surface area contributed by atoms with E-state index in [0.717, 1.165) is 43.6 Å². The molecule has 1 fully saturated rings. The van der Waals surface area contributed by atoms with Crippen LogP contribution < -0.4 is 5.32 Å². The van der Waals surface area contributed by atoms with E-state index >= 15 is 0 Å². The van der Waals surface area contributed by atoms with Gasteiger partial charge in [0.15, 0.2) is 0 Å². The number of halogens is 1. The summed E-state index contributed by atoms with van der Waals surface area (Å²) in [7, 11) is 0. The van der Waals surface area contributed by atoms with Crippen molar-refractivity contribution < 1.29 is 19.0 Å². The number of thiophene rings is 1. The minimum atomic E-state index is -0.586. The zero-order chi connectivity index (χ0) is 22.5. The monoisotopic (exact) mass is 454 g/mol. The lowest BCUT2D eigenvalue weighted by Gasteiger charge is -2.31. The molecule has 0 saturated carbocycles. The maximum absolute atomic E-state index is 13.6. The number of nitrogens with one attached hydrogen (secondary N) is 1. The summed E-state index contributed by atoms with van der Waals surface area (Å²) in [5.41, 5.74) is 3.12. The van der Waals surface area contributed by atoms with Crippen molar-refractivity contribution in [3.05, 3.63) is 63.3 Å². The maximum Gasteiger partial charge on any atom is 0.260 e. The number of rotatable bonds is 4. The number of nitrogens with zero attached hydrogens (tertiary/aromatic N) is 1. The van der Waals surface area contributed by atoms with Gasteiger partial charge in [-0.25, -0.2) is 4.39 Å². The third kappa shape index (κ3) is 3.89. The zero-order valence-electron chi connectivity index (χ0n) is 18.3. The van der Waals surface area contributed by atoms with E-state index in [2.05, 4.69) is 21.7 Å². The molecule has 7 heteroatoms. The molecular weight excluding hydrogens is 427 g/mol. The second-order valence-electron chi connectivity index (χ2n) is 9.28. The summed E-state index contributed by atoms with van der Waals surface area (Å²) in [6.45, 7) is 7.13. The number of benzene rings is 1. The zero-order valence-corrected chi connectivity index (χ0v) is 19.1. The second kappa shape index (κ2) is 8.14. The van der Waals surface area contributed by atoms with Crippen molar-refractivity contribution in [2.75, 3.05) is 25.0 Å². The fourth-order valence-corrected chi connectivity index (χ4v) is 5.80. The molecule has 1 aromatic carbocycles. The van der Waals surface area contributed by atoms with Gasteiger partial charge in [0.1, 0.15) is 17.2 Å². The third-order valence-electron chi connectivity index (χ3n) is 6.47. The average Bonchev–Trinajstić information content (AvgIpc) is 3.42. The lowest BCUT2D eigenvalue weighted by Crippen LogP contribution is -2.36. The van der Waals surface area contributed by atoms with Gasteiger partial charge in [0.05, 0.1) is 11.3 Å². The highest BCUT2D eigenvalue weighted by Crippen LogP contribution is 2.45. The first-order valence-corrected chi connectivity index (χ1v) is 11.9. The molecule has 3 aliphatic rings. The Balaban J connectivity index is 1.43. The van der Waals surface area contributed by atoms with Crippen molar-refractivity contribution in [2.45, 2.75) is 38.8 Å². The molecule has 1 saturated heterocycles. The highest BCUT2D eigenvalue weighted by Gasteiger charge is 2.38. The molecule has 2 N–H and O–H groups in total. The predicted molar refractivity (Wildman–Crippen MR) is 124 cm³/mol. The number of fused-ring (bicyclic) bond motifs is 1. The van der Waals surface area contributed by atoms with E-state index in [1.54, 1.807) is 17.4 Å². The highest BCUT2D eigenvalue weighted by atomic mass is 32.1. The summed E-state index contributed by atoms with van der Waals surface area (Å²) < 4.78 is 19.8. The van der Waals surface area contributed by atoms with Crippen LogP contribution in [0.15, 0.2) is 41.5 Å². The van der Waals surface area contributed by atoms with Crippen molar-refractivity contribution in [3.8, 4) is 0 Å². The number of anilines is 1. The van der Waals surface area contributed by atoms with Gasteiger partial charge in [-0.3, -0.25) is 9.69 Å². The molecule has 2 aromatic rings. The van der Waals surface area contributed by atoms with Crippen molar-refractivity contribution in [3.63, 3.8) is 0 Å². The van der Waals surface area contributed by atoms with Crippen LogP contribution in [0.1, 0.15) is 42.7 Å². The van der Waals surface area contributed by atoms with Gasteiger partial charge in [0, 0.05) is 35.7 Å². The molecule has 0 aliphatic carbocycles. The quantitative estimate of drug-likeness (QED) is 0.661. The summed E-state index contributed by atoms with van der Waals surface area (Å²) >= 11 is 1.73. The Morgan fingerprint density at radius 1 is 1.34 bits per heavy atom. The second-order valence-corrected chi connectivity index (χ2v) is 10.3. The van der Waals surface area contributed by atoms with E-state index in [-0.39, 0.29) is 18.3 Å². The molecule has 32 heavy (non-hydrogen) atoms. The van der Waals surface area contributed by atoms with Crippen LogP contribution in [0.4, 0.5) is 10.1 Å². The molecule has 4 heterocycles. The minimum absolute atomic E-state index is 0.255. The number of ether oxygens (including phenoxy) is 1. The number of allylic oxidation sites excluding steroid dienone is 1. The van der Waals surface area contributed by atoms with Gasteiger partial charge in [-0.15, -0.1) is 11.3 Å². The molecular formula is C25H27FN2O3S. The van der Waals surface area contributed by atoms with E-state index in [4.69, 9.17) is 4.74 Å². The molecule has 0 bridgehead atoms. The number of aliphatic hydroxyl groups is 1. The van der Waals surface area contributed by atoms with Gasteiger partial charge in [0.25, 0.3) is 5.91 Å². The first-order chi connectivity index (χ1) is 15.3. The molecule has 0 spiro atoms. The van der Waals surface area contributed by atoms with E-state index in [0.29, 0.717) is 28.5 Å². The van der Waals surface area contributed by atoms with Crippen LogP contribution in [0.25, 0.3) is 11.1 Å². The van der Waals surface area contributed by atoms with Gasteiger partial charge in [-0.2, -0.15) is 0 Å². The van der Waals surface area contributed by atoms with Crippen molar-refractivity contribution in [2.24, 2.45) is 5.92 Å². The van der Waals surface area contributed by atoms with Crippen molar-refractivity contribution >= 4 is 34.1 Å². The van der Waals surface area contributed by atoms with Gasteiger partial charge < -0.3 is 15.2 Å². The molecule has 168 valence electrons. The van der Waals surface area contributed by atoms with E-state index in [1.807, 2.05) is 19.9 Å². The average molecular weight is 455 g/mol. The molecule has 0 radical (unpaired) electrons. The van der Waals surface area contributed by atoms with Gasteiger partial charge in [0.2, 0.25) is 0 Å². The van der Waals surface area contributed by atoms with Crippen LogP contribution >= 0.6 is 11.3 Å². The largest absolute Gasteiger partial charge is 0.482 e. The Morgan fingerprint density at radius 2 is 2.19 bits per heavy atom.